The fourth-order valence-corrected chi connectivity index (χ4v) is 3.25. The Morgan fingerprint density at radius 3 is 2.73 bits per heavy atom. The normalized spacial score (nSPS) is 19.4. The topological polar surface area (TPSA) is 18.5 Å². The fraction of sp³-hybridized carbons (Fsp3) is 0.429. The zero-order valence-corrected chi connectivity index (χ0v) is 10.1. The van der Waals surface area contributed by atoms with Crippen LogP contribution in [0.4, 0.5) is 0 Å². The Balaban J connectivity index is 2.15. The van der Waals surface area contributed by atoms with Crippen molar-refractivity contribution >= 4 is 37.4 Å². The third-order valence-corrected chi connectivity index (χ3v) is 4.11. The summed E-state index contributed by atoms with van der Waals surface area (Å²) in [7, 11) is 0. The van der Waals surface area contributed by atoms with Crippen LogP contribution in [0.25, 0.3) is 0 Å². The maximum absolute atomic E-state index is 5.35. The van der Waals surface area contributed by atoms with Crippen molar-refractivity contribution in [1.82, 2.24) is 0 Å². The Kier molecular flexibility index (Phi) is 2.51. The molecule has 0 amide bonds. The van der Waals surface area contributed by atoms with Crippen LogP contribution in [-0.2, 0) is 9.47 Å². The molecule has 0 aliphatic carbocycles. The second kappa shape index (κ2) is 3.43. The molecule has 4 heteroatoms. The van der Waals surface area contributed by atoms with Crippen LogP contribution in [0.2, 0.25) is 0 Å². The van der Waals surface area contributed by atoms with Gasteiger partial charge in [-0.1, -0.05) is 0 Å². The molecule has 0 unspecified atom stereocenters. The van der Waals surface area contributed by atoms with Crippen molar-refractivity contribution in [3.05, 3.63) is 16.3 Å². The number of rotatable bonds is 1. The SMILES string of the molecule is [SnH][c]1csc(C2OCCO2)c1. The molecular formula is C7H8O2SSn. The first-order chi connectivity index (χ1) is 5.36. The molecule has 0 saturated carbocycles. The Labute approximate surface area is 82.6 Å². The molecular weight excluding hydrogens is 267 g/mol. The summed E-state index contributed by atoms with van der Waals surface area (Å²) >= 11 is 2.91. The third-order valence-electron chi connectivity index (χ3n) is 1.49. The minimum atomic E-state index is -0.0684. The summed E-state index contributed by atoms with van der Waals surface area (Å²) in [6.45, 7) is 1.47. The van der Waals surface area contributed by atoms with E-state index in [0.29, 0.717) is 0 Å². The van der Waals surface area contributed by atoms with Gasteiger partial charge >= 0.3 is 82.7 Å². The van der Waals surface area contributed by atoms with Crippen LogP contribution >= 0.6 is 11.3 Å². The van der Waals surface area contributed by atoms with Crippen molar-refractivity contribution in [3.8, 4) is 0 Å². The van der Waals surface area contributed by atoms with Crippen LogP contribution in [0.1, 0.15) is 11.2 Å². The second-order valence-corrected chi connectivity index (χ2v) is 5.20. The first-order valence-electron chi connectivity index (χ1n) is 3.43. The summed E-state index contributed by atoms with van der Waals surface area (Å²) in [5, 5.41) is 2.17. The standard InChI is InChI=1S/C7H7O2S.Sn.H/c1-2-6(10-5-1)7-8-3-4-9-7;;/h2,5,7H,3-4H2;;. The molecule has 0 N–H and O–H groups in total. The van der Waals surface area contributed by atoms with Crippen LogP contribution in [0, 0.1) is 0 Å². The van der Waals surface area contributed by atoms with Gasteiger partial charge < -0.3 is 0 Å². The monoisotopic (exact) mass is 276 g/mol. The zero-order valence-electron chi connectivity index (χ0n) is 5.95. The van der Waals surface area contributed by atoms with Gasteiger partial charge in [0.25, 0.3) is 0 Å². The number of hydrogen-bond donors (Lipinski definition) is 0. The maximum atomic E-state index is 5.35. The Bertz CT molecular complexity index is 242. The molecule has 1 aromatic rings. The first kappa shape index (κ1) is 8.04. The molecule has 11 heavy (non-hydrogen) atoms. The Morgan fingerprint density at radius 2 is 2.18 bits per heavy atom. The summed E-state index contributed by atoms with van der Waals surface area (Å²) in [5.74, 6) is 0. The van der Waals surface area contributed by atoms with E-state index < -0.39 is 0 Å². The first-order valence-corrected chi connectivity index (χ1v) is 5.96. The van der Waals surface area contributed by atoms with Crippen molar-refractivity contribution in [2.24, 2.45) is 0 Å². The predicted octanol–water partition coefficient (Wildman–Crippen LogP) is 0.320. The Hall–Kier alpha value is 0.419. The summed E-state index contributed by atoms with van der Waals surface area (Å²) in [6, 6.07) is 2.17. The van der Waals surface area contributed by atoms with Gasteiger partial charge in [-0.3, -0.25) is 0 Å². The van der Waals surface area contributed by atoms with Gasteiger partial charge in [0.1, 0.15) is 0 Å². The van der Waals surface area contributed by atoms with Gasteiger partial charge in [-0.25, -0.2) is 0 Å². The zero-order chi connectivity index (χ0) is 7.68. The quantitative estimate of drug-likeness (QED) is 0.687. The van der Waals surface area contributed by atoms with E-state index in [9.17, 15) is 0 Å². The second-order valence-electron chi connectivity index (χ2n) is 2.36. The van der Waals surface area contributed by atoms with E-state index in [4.69, 9.17) is 9.47 Å². The van der Waals surface area contributed by atoms with Crippen LogP contribution < -0.4 is 3.58 Å². The van der Waals surface area contributed by atoms with Gasteiger partial charge in [-0.2, -0.15) is 0 Å². The van der Waals surface area contributed by atoms with E-state index in [1.165, 1.54) is 31.0 Å². The van der Waals surface area contributed by atoms with E-state index in [2.05, 4.69) is 11.4 Å². The van der Waals surface area contributed by atoms with Crippen LogP contribution in [-0.4, -0.2) is 35.7 Å². The van der Waals surface area contributed by atoms with Gasteiger partial charge in [-0.05, 0) is 0 Å². The van der Waals surface area contributed by atoms with Crippen molar-refractivity contribution in [1.29, 1.82) is 0 Å². The van der Waals surface area contributed by atoms with Crippen LogP contribution in [0.15, 0.2) is 11.4 Å². The number of thiophene rings is 1. The van der Waals surface area contributed by atoms with E-state index >= 15 is 0 Å². The van der Waals surface area contributed by atoms with E-state index in [1.807, 2.05) is 0 Å². The molecule has 0 aromatic carbocycles. The van der Waals surface area contributed by atoms with Gasteiger partial charge in [-0.15, -0.1) is 0 Å². The summed E-state index contributed by atoms with van der Waals surface area (Å²) in [5.41, 5.74) is 0. The summed E-state index contributed by atoms with van der Waals surface area (Å²) in [6.07, 6.45) is -0.0684. The molecule has 0 atom stereocenters. The van der Waals surface area contributed by atoms with E-state index in [1.54, 1.807) is 11.3 Å². The van der Waals surface area contributed by atoms with Crippen molar-refractivity contribution < 1.29 is 9.47 Å². The minimum absolute atomic E-state index is 0.0684. The van der Waals surface area contributed by atoms with Crippen molar-refractivity contribution in [3.63, 3.8) is 0 Å². The molecule has 58 valence electrons. The third kappa shape index (κ3) is 1.77. The van der Waals surface area contributed by atoms with E-state index in [0.717, 1.165) is 13.2 Å². The molecule has 0 bridgehead atoms. The molecule has 0 spiro atoms. The summed E-state index contributed by atoms with van der Waals surface area (Å²) < 4.78 is 12.1. The predicted molar refractivity (Wildman–Crippen MR) is 45.7 cm³/mol. The average Bonchev–Trinajstić information content (AvgIpc) is 2.55. The molecule has 1 aromatic heterocycles. The summed E-state index contributed by atoms with van der Waals surface area (Å²) in [4.78, 5) is 1.21. The molecule has 1 aliphatic heterocycles. The molecule has 1 aliphatic rings. The molecule has 1 saturated heterocycles. The molecule has 2 heterocycles. The molecule has 2 radical (unpaired) electrons. The van der Waals surface area contributed by atoms with Crippen molar-refractivity contribution in [2.75, 3.05) is 13.2 Å². The fourth-order valence-electron chi connectivity index (χ4n) is 1.01. The van der Waals surface area contributed by atoms with Crippen LogP contribution in [0.3, 0.4) is 0 Å². The Morgan fingerprint density at radius 1 is 1.45 bits per heavy atom. The van der Waals surface area contributed by atoms with Gasteiger partial charge in [0.15, 0.2) is 0 Å². The van der Waals surface area contributed by atoms with Gasteiger partial charge in [0.2, 0.25) is 0 Å². The van der Waals surface area contributed by atoms with Gasteiger partial charge in [0, 0.05) is 0 Å². The van der Waals surface area contributed by atoms with Gasteiger partial charge in [0.05, 0.1) is 0 Å². The van der Waals surface area contributed by atoms with E-state index in [-0.39, 0.29) is 6.29 Å². The number of ether oxygens (including phenoxy) is 2. The molecule has 2 rings (SSSR count). The molecule has 1 fully saturated rings. The van der Waals surface area contributed by atoms with Crippen molar-refractivity contribution in [2.45, 2.75) is 6.29 Å². The average molecular weight is 275 g/mol. The number of hydrogen-bond acceptors (Lipinski definition) is 3. The molecule has 2 nitrogen and oxygen atoms in total. The van der Waals surface area contributed by atoms with Crippen LogP contribution in [0.5, 0.6) is 0 Å².